The van der Waals surface area contributed by atoms with Gasteiger partial charge in [-0.05, 0) is 11.6 Å². The molecule has 8 heteroatoms. The molecule has 1 unspecified atom stereocenters. The number of hydrogen-bond acceptors (Lipinski definition) is 5. The number of ether oxygens (including phenoxy) is 1. The van der Waals surface area contributed by atoms with E-state index in [1.807, 2.05) is 0 Å². The third-order valence-electron chi connectivity index (χ3n) is 3.60. The van der Waals surface area contributed by atoms with Crippen molar-refractivity contribution in [3.63, 3.8) is 0 Å². The first-order chi connectivity index (χ1) is 11.3. The molecule has 0 aliphatic carbocycles. The molecule has 0 saturated carbocycles. The Kier molecular flexibility index (Phi) is 3.92. The molecule has 0 fully saturated rings. The molecule has 1 aliphatic rings. The Bertz CT molecular complexity index is 775. The van der Waals surface area contributed by atoms with Gasteiger partial charge >= 0.3 is 12.0 Å². The maximum Gasteiger partial charge on any atom is 0.458 e. The summed E-state index contributed by atoms with van der Waals surface area (Å²) in [6.45, 7) is 0. The lowest BCUT2D eigenvalue weighted by Crippen LogP contribution is -2.45. The summed E-state index contributed by atoms with van der Waals surface area (Å²) < 4.78 is 43.2. The van der Waals surface area contributed by atoms with Crippen LogP contribution in [0, 0.1) is 0 Å². The molecule has 0 bridgehead atoms. The topological polar surface area (TPSA) is 63.9 Å². The molecule has 0 spiro atoms. The highest BCUT2D eigenvalue weighted by atomic mass is 19.4. The summed E-state index contributed by atoms with van der Waals surface area (Å²) in [7, 11) is 1.51. The van der Waals surface area contributed by atoms with Gasteiger partial charge in [0.15, 0.2) is 0 Å². The second kappa shape index (κ2) is 5.79. The Morgan fingerprint density at radius 2 is 1.79 bits per heavy atom. The predicted molar refractivity (Wildman–Crippen MR) is 79.5 cm³/mol. The first kappa shape index (κ1) is 16.3. The van der Waals surface area contributed by atoms with E-state index in [1.165, 1.54) is 7.11 Å². The van der Waals surface area contributed by atoms with Crippen molar-refractivity contribution in [2.45, 2.75) is 18.4 Å². The number of benzene rings is 1. The first-order valence-electron chi connectivity index (χ1n) is 6.98. The lowest BCUT2D eigenvalue weighted by molar-refractivity contribution is -0.355. The molecule has 24 heavy (non-hydrogen) atoms. The number of pyridine rings is 1. The molecular formula is C16H13F3N2O3. The van der Waals surface area contributed by atoms with Crippen LogP contribution in [0.1, 0.15) is 12.0 Å². The van der Waals surface area contributed by atoms with E-state index < -0.39 is 18.4 Å². The van der Waals surface area contributed by atoms with Crippen LogP contribution in [0.15, 0.2) is 47.6 Å². The second-order valence-corrected chi connectivity index (χ2v) is 5.23. The van der Waals surface area contributed by atoms with E-state index in [1.54, 1.807) is 42.5 Å². The summed E-state index contributed by atoms with van der Waals surface area (Å²) in [6.07, 6.45) is -5.67. The minimum absolute atomic E-state index is 0.0278. The van der Waals surface area contributed by atoms with Crippen molar-refractivity contribution in [1.29, 1.82) is 0 Å². The van der Waals surface area contributed by atoms with Gasteiger partial charge in [0.1, 0.15) is 0 Å². The standard InChI is InChI=1S/C16H13F3N2O3/c1-23-14-4-2-3-12(20-14)10-5-7-11(8-6-10)13-9-15(22,24-21-13)16(17,18)19/h2-8,22H,9H2,1H3. The summed E-state index contributed by atoms with van der Waals surface area (Å²) in [5, 5.41) is 12.8. The van der Waals surface area contributed by atoms with Crippen LogP contribution in [0.5, 0.6) is 5.88 Å². The average molecular weight is 338 g/mol. The zero-order chi connectivity index (χ0) is 17.4. The van der Waals surface area contributed by atoms with Crippen LogP contribution in [-0.2, 0) is 4.84 Å². The van der Waals surface area contributed by atoms with Crippen molar-refractivity contribution in [1.82, 2.24) is 4.98 Å². The highest BCUT2D eigenvalue weighted by molar-refractivity contribution is 6.01. The SMILES string of the molecule is COc1cccc(-c2ccc(C3=NOC(O)(C(F)(F)F)C3)cc2)n1. The Morgan fingerprint density at radius 1 is 1.12 bits per heavy atom. The molecule has 126 valence electrons. The van der Waals surface area contributed by atoms with E-state index in [4.69, 9.17) is 4.74 Å². The van der Waals surface area contributed by atoms with Crippen LogP contribution in [0.25, 0.3) is 11.3 Å². The fourth-order valence-corrected chi connectivity index (χ4v) is 2.25. The summed E-state index contributed by atoms with van der Waals surface area (Å²) in [5.74, 6) is -2.81. The number of halogens is 3. The Morgan fingerprint density at radius 3 is 2.38 bits per heavy atom. The molecule has 0 amide bonds. The number of hydrogen-bond donors (Lipinski definition) is 1. The van der Waals surface area contributed by atoms with E-state index in [-0.39, 0.29) is 5.71 Å². The zero-order valence-electron chi connectivity index (χ0n) is 12.5. The monoisotopic (exact) mass is 338 g/mol. The first-order valence-corrected chi connectivity index (χ1v) is 6.98. The van der Waals surface area contributed by atoms with Gasteiger partial charge in [0.2, 0.25) is 5.88 Å². The molecular weight excluding hydrogens is 325 g/mol. The van der Waals surface area contributed by atoms with Crippen molar-refractivity contribution in [3.05, 3.63) is 48.0 Å². The molecule has 1 aliphatic heterocycles. The van der Waals surface area contributed by atoms with E-state index in [0.29, 0.717) is 17.1 Å². The largest absolute Gasteiger partial charge is 0.481 e. The van der Waals surface area contributed by atoms with Crippen LogP contribution < -0.4 is 4.74 Å². The molecule has 2 heterocycles. The Balaban J connectivity index is 1.81. The quantitative estimate of drug-likeness (QED) is 0.934. The van der Waals surface area contributed by atoms with E-state index in [0.717, 1.165) is 5.56 Å². The minimum atomic E-state index is -4.91. The Labute approximate surface area is 135 Å². The van der Waals surface area contributed by atoms with Crippen LogP contribution >= 0.6 is 0 Å². The molecule has 5 nitrogen and oxygen atoms in total. The number of aromatic nitrogens is 1. The fourth-order valence-electron chi connectivity index (χ4n) is 2.25. The van der Waals surface area contributed by atoms with Crippen molar-refractivity contribution < 1.29 is 27.9 Å². The molecule has 3 rings (SSSR count). The van der Waals surface area contributed by atoms with Crippen molar-refractivity contribution in [2.75, 3.05) is 7.11 Å². The predicted octanol–water partition coefficient (Wildman–Crippen LogP) is 3.13. The second-order valence-electron chi connectivity index (χ2n) is 5.23. The van der Waals surface area contributed by atoms with E-state index in [9.17, 15) is 18.3 Å². The number of oxime groups is 1. The van der Waals surface area contributed by atoms with Gasteiger partial charge < -0.3 is 14.7 Å². The van der Waals surface area contributed by atoms with Crippen molar-refractivity contribution in [2.24, 2.45) is 5.16 Å². The van der Waals surface area contributed by atoms with Gasteiger partial charge in [0.05, 0.1) is 24.9 Å². The van der Waals surface area contributed by atoms with Crippen LogP contribution in [-0.4, -0.2) is 34.9 Å². The number of rotatable bonds is 3. The molecule has 1 N–H and O–H groups in total. The third-order valence-corrected chi connectivity index (χ3v) is 3.60. The van der Waals surface area contributed by atoms with E-state index >= 15 is 0 Å². The molecule has 0 radical (unpaired) electrons. The van der Waals surface area contributed by atoms with Gasteiger partial charge in [-0.3, -0.25) is 0 Å². The van der Waals surface area contributed by atoms with Crippen molar-refractivity contribution in [3.8, 4) is 17.1 Å². The Hall–Kier alpha value is -2.61. The number of aliphatic hydroxyl groups is 1. The number of nitrogens with zero attached hydrogens (tertiary/aromatic N) is 2. The van der Waals surface area contributed by atoms with Gasteiger partial charge in [-0.2, -0.15) is 13.2 Å². The van der Waals surface area contributed by atoms with Gasteiger partial charge in [0.25, 0.3) is 0 Å². The van der Waals surface area contributed by atoms with Gasteiger partial charge in [-0.25, -0.2) is 4.98 Å². The van der Waals surface area contributed by atoms with Gasteiger partial charge in [-0.15, -0.1) is 0 Å². The molecule has 2 aromatic rings. The summed E-state index contributed by atoms with van der Waals surface area (Å²) in [4.78, 5) is 8.48. The summed E-state index contributed by atoms with van der Waals surface area (Å²) in [6, 6.07) is 11.9. The average Bonchev–Trinajstić information content (AvgIpc) is 2.99. The number of methoxy groups -OCH3 is 1. The summed E-state index contributed by atoms with van der Waals surface area (Å²) in [5.41, 5.74) is 1.89. The van der Waals surface area contributed by atoms with Gasteiger partial charge in [-0.1, -0.05) is 35.5 Å². The normalized spacial score (nSPS) is 20.5. The molecule has 1 aromatic carbocycles. The third kappa shape index (κ3) is 2.92. The number of alkyl halides is 3. The molecule has 1 aromatic heterocycles. The minimum Gasteiger partial charge on any atom is -0.481 e. The fraction of sp³-hybridized carbons (Fsp3) is 0.250. The molecule has 0 saturated heterocycles. The highest BCUT2D eigenvalue weighted by Gasteiger charge is 2.60. The smallest absolute Gasteiger partial charge is 0.458 e. The van der Waals surface area contributed by atoms with Crippen LogP contribution in [0.4, 0.5) is 13.2 Å². The van der Waals surface area contributed by atoms with Gasteiger partial charge in [0, 0.05) is 11.6 Å². The van der Waals surface area contributed by atoms with Crippen molar-refractivity contribution >= 4 is 5.71 Å². The van der Waals surface area contributed by atoms with Crippen LogP contribution in [0.3, 0.4) is 0 Å². The maximum absolute atomic E-state index is 12.7. The molecule has 1 atom stereocenters. The zero-order valence-corrected chi connectivity index (χ0v) is 12.5. The van der Waals surface area contributed by atoms with Crippen LogP contribution in [0.2, 0.25) is 0 Å². The lowest BCUT2D eigenvalue weighted by Gasteiger charge is -2.22. The summed E-state index contributed by atoms with van der Waals surface area (Å²) >= 11 is 0. The highest BCUT2D eigenvalue weighted by Crippen LogP contribution is 2.39. The van der Waals surface area contributed by atoms with E-state index in [2.05, 4.69) is 15.0 Å². The maximum atomic E-state index is 12.7. The lowest BCUT2D eigenvalue weighted by atomic mass is 10.0.